The van der Waals surface area contributed by atoms with Gasteiger partial charge in [0.1, 0.15) is 0 Å². The number of nitrogens with one attached hydrogen (secondary N) is 1. The molecule has 1 atom stereocenters. The Hall–Kier alpha value is -1.90. The monoisotopic (exact) mass is 240 g/mol. The minimum Gasteiger partial charge on any atom is -0.326 e. The largest absolute Gasteiger partial charge is 0.326 e. The van der Waals surface area contributed by atoms with Crippen LogP contribution in [0.15, 0.2) is 35.3 Å². The molecule has 0 saturated heterocycles. The zero-order valence-electron chi connectivity index (χ0n) is 10.4. The summed E-state index contributed by atoms with van der Waals surface area (Å²) >= 11 is 0. The van der Waals surface area contributed by atoms with Crippen molar-refractivity contribution in [1.82, 2.24) is 9.97 Å². The zero-order valence-corrected chi connectivity index (χ0v) is 10.4. The van der Waals surface area contributed by atoms with Crippen molar-refractivity contribution in [3.05, 3.63) is 63.3 Å². The molecule has 3 rings (SSSR count). The fourth-order valence-electron chi connectivity index (χ4n) is 2.84. The molecule has 3 heteroatoms. The number of pyridine rings is 2. The molecule has 1 N–H and O–H groups in total. The van der Waals surface area contributed by atoms with E-state index in [1.807, 2.05) is 25.3 Å². The molecule has 0 aromatic carbocycles. The molecule has 0 aliphatic heterocycles. The maximum Gasteiger partial charge on any atom is 0.248 e. The fourth-order valence-corrected chi connectivity index (χ4v) is 2.84. The van der Waals surface area contributed by atoms with Crippen LogP contribution in [-0.4, -0.2) is 9.97 Å². The Labute approximate surface area is 106 Å². The lowest BCUT2D eigenvalue weighted by atomic mass is 9.81. The molecule has 0 amide bonds. The smallest absolute Gasteiger partial charge is 0.248 e. The van der Waals surface area contributed by atoms with Crippen LogP contribution >= 0.6 is 0 Å². The third-order valence-corrected chi connectivity index (χ3v) is 3.78. The Balaban J connectivity index is 1.96. The van der Waals surface area contributed by atoms with Crippen molar-refractivity contribution >= 4 is 0 Å². The van der Waals surface area contributed by atoms with Crippen molar-refractivity contribution < 1.29 is 0 Å². The van der Waals surface area contributed by atoms with Gasteiger partial charge in [-0.05, 0) is 49.4 Å². The molecule has 0 spiro atoms. The Kier molecular flexibility index (Phi) is 2.74. The van der Waals surface area contributed by atoms with Crippen LogP contribution in [0.4, 0.5) is 0 Å². The number of hydrogen-bond acceptors (Lipinski definition) is 2. The number of aromatic amines is 1. The van der Waals surface area contributed by atoms with E-state index in [4.69, 9.17) is 0 Å². The van der Waals surface area contributed by atoms with Gasteiger partial charge in [-0.2, -0.15) is 0 Å². The lowest BCUT2D eigenvalue weighted by Crippen LogP contribution is -2.20. The molecule has 0 radical (unpaired) electrons. The molecule has 3 nitrogen and oxygen atoms in total. The van der Waals surface area contributed by atoms with Crippen LogP contribution in [0.3, 0.4) is 0 Å². The summed E-state index contributed by atoms with van der Waals surface area (Å²) in [6.07, 6.45) is 4.88. The highest BCUT2D eigenvalue weighted by Crippen LogP contribution is 2.31. The van der Waals surface area contributed by atoms with Gasteiger partial charge in [0, 0.05) is 29.6 Å². The van der Waals surface area contributed by atoms with Gasteiger partial charge in [0.15, 0.2) is 0 Å². The molecular weight excluding hydrogens is 224 g/mol. The quantitative estimate of drug-likeness (QED) is 0.831. The van der Waals surface area contributed by atoms with Gasteiger partial charge in [-0.1, -0.05) is 6.07 Å². The van der Waals surface area contributed by atoms with Crippen LogP contribution in [0, 0.1) is 6.92 Å². The van der Waals surface area contributed by atoms with Crippen molar-refractivity contribution in [2.75, 3.05) is 0 Å². The highest BCUT2D eigenvalue weighted by molar-refractivity contribution is 5.34. The van der Waals surface area contributed by atoms with Gasteiger partial charge in [-0.3, -0.25) is 9.78 Å². The second-order valence-corrected chi connectivity index (χ2v) is 4.96. The molecule has 18 heavy (non-hydrogen) atoms. The second-order valence-electron chi connectivity index (χ2n) is 4.96. The molecule has 1 aliphatic rings. The van der Waals surface area contributed by atoms with Gasteiger partial charge in [-0.15, -0.1) is 0 Å². The van der Waals surface area contributed by atoms with E-state index in [2.05, 4.69) is 16.0 Å². The first-order valence-corrected chi connectivity index (χ1v) is 6.36. The number of H-pyrrole nitrogens is 1. The zero-order chi connectivity index (χ0) is 12.5. The lowest BCUT2D eigenvalue weighted by molar-refractivity contribution is 0.566. The number of hydrogen-bond donors (Lipinski definition) is 1. The standard InChI is InChI=1S/C15H16N2O/c1-10-13-8-12(14-4-2-3-7-16-14)6-5-11(13)9-15(18)17-10/h2-4,7,9,12H,5-6,8H2,1H3,(H,17,18). The van der Waals surface area contributed by atoms with Crippen LogP contribution in [-0.2, 0) is 12.8 Å². The first kappa shape index (κ1) is 11.2. The highest BCUT2D eigenvalue weighted by atomic mass is 16.1. The minimum absolute atomic E-state index is 0.0162. The van der Waals surface area contributed by atoms with Crippen LogP contribution < -0.4 is 5.56 Å². The van der Waals surface area contributed by atoms with E-state index < -0.39 is 0 Å². The first-order chi connectivity index (χ1) is 8.74. The number of aromatic nitrogens is 2. The average molecular weight is 240 g/mol. The van der Waals surface area contributed by atoms with E-state index >= 15 is 0 Å². The van der Waals surface area contributed by atoms with Crippen LogP contribution in [0.1, 0.15) is 34.9 Å². The van der Waals surface area contributed by atoms with Gasteiger partial charge in [-0.25, -0.2) is 0 Å². The molecule has 0 saturated carbocycles. The van der Waals surface area contributed by atoms with E-state index in [9.17, 15) is 4.79 Å². The van der Waals surface area contributed by atoms with Gasteiger partial charge >= 0.3 is 0 Å². The summed E-state index contributed by atoms with van der Waals surface area (Å²) in [5, 5.41) is 0. The van der Waals surface area contributed by atoms with Crippen LogP contribution in [0.5, 0.6) is 0 Å². The topological polar surface area (TPSA) is 45.8 Å². The Morgan fingerprint density at radius 1 is 1.39 bits per heavy atom. The molecule has 1 unspecified atom stereocenters. The number of fused-ring (bicyclic) bond motifs is 1. The number of nitrogens with zero attached hydrogens (tertiary/aromatic N) is 1. The van der Waals surface area contributed by atoms with Gasteiger partial charge < -0.3 is 4.98 Å². The summed E-state index contributed by atoms with van der Waals surface area (Å²) in [6, 6.07) is 7.83. The Bertz CT molecular complexity index is 616. The summed E-state index contributed by atoms with van der Waals surface area (Å²) in [7, 11) is 0. The number of aryl methyl sites for hydroxylation is 2. The third kappa shape index (κ3) is 1.96. The van der Waals surface area contributed by atoms with Gasteiger partial charge in [0.2, 0.25) is 5.56 Å². The predicted molar refractivity (Wildman–Crippen MR) is 70.8 cm³/mol. The Morgan fingerprint density at radius 2 is 2.28 bits per heavy atom. The SMILES string of the molecule is Cc1[nH]c(=O)cc2c1CC(c1ccccn1)CC2. The number of rotatable bonds is 1. The summed E-state index contributed by atoms with van der Waals surface area (Å²) in [6.45, 7) is 1.99. The van der Waals surface area contributed by atoms with Crippen molar-refractivity contribution in [1.29, 1.82) is 0 Å². The first-order valence-electron chi connectivity index (χ1n) is 6.36. The normalized spacial score (nSPS) is 18.4. The molecule has 0 fully saturated rings. The van der Waals surface area contributed by atoms with E-state index in [0.29, 0.717) is 5.92 Å². The van der Waals surface area contributed by atoms with E-state index in [0.717, 1.165) is 30.7 Å². The molecule has 2 aromatic heterocycles. The molecule has 92 valence electrons. The Morgan fingerprint density at radius 3 is 3.06 bits per heavy atom. The predicted octanol–water partition coefficient (Wildman–Crippen LogP) is 2.35. The van der Waals surface area contributed by atoms with Crippen molar-refractivity contribution in [2.45, 2.75) is 32.1 Å². The highest BCUT2D eigenvalue weighted by Gasteiger charge is 2.22. The minimum atomic E-state index is 0.0162. The fraction of sp³-hybridized carbons (Fsp3) is 0.333. The molecule has 2 heterocycles. The molecule has 0 bridgehead atoms. The second kappa shape index (κ2) is 4.41. The van der Waals surface area contributed by atoms with Gasteiger partial charge in [0.05, 0.1) is 0 Å². The summed E-state index contributed by atoms with van der Waals surface area (Å²) in [4.78, 5) is 18.8. The average Bonchev–Trinajstić information content (AvgIpc) is 2.39. The van der Waals surface area contributed by atoms with Gasteiger partial charge in [0.25, 0.3) is 0 Å². The molecule has 1 aliphatic carbocycles. The van der Waals surface area contributed by atoms with Crippen molar-refractivity contribution in [2.24, 2.45) is 0 Å². The van der Waals surface area contributed by atoms with Crippen molar-refractivity contribution in [3.63, 3.8) is 0 Å². The van der Waals surface area contributed by atoms with Crippen molar-refractivity contribution in [3.8, 4) is 0 Å². The maximum absolute atomic E-state index is 11.4. The lowest BCUT2D eigenvalue weighted by Gasteiger charge is -2.25. The molecular formula is C15H16N2O. The maximum atomic E-state index is 11.4. The molecule has 2 aromatic rings. The van der Waals surface area contributed by atoms with E-state index in [1.54, 1.807) is 6.07 Å². The van der Waals surface area contributed by atoms with Crippen LogP contribution in [0.25, 0.3) is 0 Å². The summed E-state index contributed by atoms with van der Waals surface area (Å²) in [5.74, 6) is 0.475. The third-order valence-electron chi connectivity index (χ3n) is 3.78. The van der Waals surface area contributed by atoms with Crippen LogP contribution in [0.2, 0.25) is 0 Å². The summed E-state index contributed by atoms with van der Waals surface area (Å²) in [5.41, 5.74) is 4.70. The van der Waals surface area contributed by atoms with E-state index in [-0.39, 0.29) is 5.56 Å². The van der Waals surface area contributed by atoms with E-state index in [1.165, 1.54) is 11.1 Å². The summed E-state index contributed by atoms with van der Waals surface area (Å²) < 4.78 is 0.